The Morgan fingerprint density at radius 1 is 1.16 bits per heavy atom. The number of nitrogens with zero attached hydrogens (tertiary/aromatic N) is 3. The van der Waals surface area contributed by atoms with Gasteiger partial charge in [0.1, 0.15) is 6.10 Å². The Balaban J connectivity index is 1.31. The van der Waals surface area contributed by atoms with Gasteiger partial charge in [0.2, 0.25) is 5.91 Å². The number of hydrogen-bond donors (Lipinski definition) is 2. The average molecular weight is 440 g/mol. The molecular weight excluding hydrogens is 406 g/mol. The highest BCUT2D eigenvalue weighted by Gasteiger charge is 2.71. The van der Waals surface area contributed by atoms with Crippen LogP contribution in [0, 0.1) is 5.92 Å². The van der Waals surface area contributed by atoms with Crippen LogP contribution < -0.4 is 4.74 Å². The number of aromatic hydroxyl groups is 1. The third-order valence-electron chi connectivity index (χ3n) is 9.45. The minimum absolute atomic E-state index is 0.0383. The molecule has 4 atom stereocenters. The molecule has 0 aromatic heterocycles. The lowest BCUT2D eigenvalue weighted by atomic mass is 9.52. The standard InChI is InChI=1S/C25H33N3O4/c29-18-5-4-17-12-19-25(31)7-11-28(21(30)15-26-8-1-9-26)14-20-24(25,22(17)23(18)32-20)6-10-27(19)13-16-2-3-16/h4-5,16,19-20,29,31H,1-3,6-15H2/t19-,20+,24-,25-/m1/s1. The molecule has 4 heterocycles. The largest absolute Gasteiger partial charge is 0.504 e. The van der Waals surface area contributed by atoms with Crippen LogP contribution in [0.4, 0.5) is 0 Å². The van der Waals surface area contributed by atoms with Crippen molar-refractivity contribution in [2.45, 2.75) is 61.7 Å². The van der Waals surface area contributed by atoms with Gasteiger partial charge in [-0.05, 0) is 75.7 Å². The number of carbonyl (C=O) groups excluding carboxylic acids is 1. The number of phenols is 1. The number of ether oxygens (including phenoxy) is 1. The number of benzene rings is 1. The molecule has 2 N–H and O–H groups in total. The summed E-state index contributed by atoms with van der Waals surface area (Å²) >= 11 is 0. The zero-order valence-corrected chi connectivity index (χ0v) is 18.6. The summed E-state index contributed by atoms with van der Waals surface area (Å²) in [7, 11) is 0. The fraction of sp³-hybridized carbons (Fsp3) is 0.720. The van der Waals surface area contributed by atoms with Crippen LogP contribution in [0.3, 0.4) is 0 Å². The van der Waals surface area contributed by atoms with Crippen molar-refractivity contribution < 1.29 is 19.7 Å². The van der Waals surface area contributed by atoms with Gasteiger partial charge >= 0.3 is 0 Å². The van der Waals surface area contributed by atoms with Crippen LogP contribution in [-0.4, -0.2) is 94.4 Å². The van der Waals surface area contributed by atoms with Gasteiger partial charge in [-0.15, -0.1) is 0 Å². The Morgan fingerprint density at radius 2 is 2.00 bits per heavy atom. The van der Waals surface area contributed by atoms with E-state index in [-0.39, 0.29) is 23.8 Å². The molecular formula is C25H33N3O4. The molecule has 4 fully saturated rings. The number of hydrogen-bond acceptors (Lipinski definition) is 6. The molecule has 172 valence electrons. The molecule has 1 aromatic rings. The maximum absolute atomic E-state index is 13.2. The summed E-state index contributed by atoms with van der Waals surface area (Å²) < 4.78 is 6.47. The number of piperidine rings is 1. The summed E-state index contributed by atoms with van der Waals surface area (Å²) in [6.07, 6.45) is 5.61. The topological polar surface area (TPSA) is 76.5 Å². The average Bonchev–Trinajstić information content (AvgIpc) is 3.51. The van der Waals surface area contributed by atoms with Gasteiger partial charge in [0.15, 0.2) is 11.5 Å². The second-order valence-corrected chi connectivity index (χ2v) is 11.1. The van der Waals surface area contributed by atoms with E-state index in [9.17, 15) is 15.0 Å². The van der Waals surface area contributed by atoms with Crippen LogP contribution in [0.15, 0.2) is 12.1 Å². The Hall–Kier alpha value is -1.83. The van der Waals surface area contributed by atoms with Crippen LogP contribution in [0.25, 0.3) is 0 Å². The molecule has 7 nitrogen and oxygen atoms in total. The van der Waals surface area contributed by atoms with E-state index in [4.69, 9.17) is 4.74 Å². The number of rotatable bonds is 4. The third-order valence-corrected chi connectivity index (χ3v) is 9.45. The van der Waals surface area contributed by atoms with Gasteiger partial charge in [0.05, 0.1) is 24.1 Å². The SMILES string of the molecule is O=C(CN1CCC1)N1CC[C@@]2(O)[C@H]3Cc4ccc(O)c5c4[C@@]2(CCN3CC2CC2)[C@H](C1)O5. The summed E-state index contributed by atoms with van der Waals surface area (Å²) in [5, 5.41) is 23.2. The van der Waals surface area contributed by atoms with Crippen molar-refractivity contribution in [3.05, 3.63) is 23.3 Å². The predicted octanol–water partition coefficient (Wildman–Crippen LogP) is 1.10. The zero-order valence-electron chi connectivity index (χ0n) is 18.6. The quantitative estimate of drug-likeness (QED) is 0.732. The smallest absolute Gasteiger partial charge is 0.236 e. The highest BCUT2D eigenvalue weighted by molar-refractivity contribution is 5.78. The zero-order chi connectivity index (χ0) is 21.7. The number of carbonyl (C=O) groups is 1. The molecule has 2 aliphatic carbocycles. The van der Waals surface area contributed by atoms with Crippen LogP contribution in [0.1, 0.15) is 43.2 Å². The highest BCUT2D eigenvalue weighted by atomic mass is 16.5. The van der Waals surface area contributed by atoms with Crippen molar-refractivity contribution in [2.75, 3.05) is 45.8 Å². The van der Waals surface area contributed by atoms with Crippen molar-refractivity contribution in [3.8, 4) is 11.5 Å². The summed E-state index contributed by atoms with van der Waals surface area (Å²) in [4.78, 5) is 19.8. The van der Waals surface area contributed by atoms with Crippen molar-refractivity contribution in [2.24, 2.45) is 5.92 Å². The molecule has 7 rings (SSSR count). The molecule has 1 amide bonds. The van der Waals surface area contributed by atoms with Crippen LogP contribution in [0.5, 0.6) is 11.5 Å². The van der Waals surface area contributed by atoms with Crippen LogP contribution in [0.2, 0.25) is 0 Å². The van der Waals surface area contributed by atoms with Crippen molar-refractivity contribution in [1.82, 2.24) is 14.7 Å². The summed E-state index contributed by atoms with van der Waals surface area (Å²) in [6, 6.07) is 3.82. The number of likely N-dealkylation sites (tertiary alicyclic amines) is 3. The molecule has 1 aromatic carbocycles. The molecule has 1 saturated carbocycles. The van der Waals surface area contributed by atoms with Gasteiger partial charge in [0.25, 0.3) is 0 Å². The van der Waals surface area contributed by atoms with Crippen molar-refractivity contribution in [1.29, 1.82) is 0 Å². The second kappa shape index (κ2) is 6.61. The first-order valence-electron chi connectivity index (χ1n) is 12.5. The monoisotopic (exact) mass is 439 g/mol. The van der Waals surface area contributed by atoms with Gasteiger partial charge < -0.3 is 19.8 Å². The molecule has 4 aliphatic heterocycles. The number of amides is 1. The molecule has 32 heavy (non-hydrogen) atoms. The van der Waals surface area contributed by atoms with Crippen LogP contribution in [-0.2, 0) is 16.6 Å². The van der Waals surface area contributed by atoms with E-state index in [2.05, 4.69) is 9.80 Å². The molecule has 3 saturated heterocycles. The predicted molar refractivity (Wildman–Crippen MR) is 118 cm³/mol. The molecule has 0 unspecified atom stereocenters. The van der Waals surface area contributed by atoms with Crippen molar-refractivity contribution in [3.63, 3.8) is 0 Å². The maximum atomic E-state index is 13.2. The van der Waals surface area contributed by atoms with E-state index in [1.807, 2.05) is 11.0 Å². The lowest BCUT2D eigenvalue weighted by Gasteiger charge is -2.60. The molecule has 7 heteroatoms. The Morgan fingerprint density at radius 3 is 2.75 bits per heavy atom. The molecule has 2 bridgehead atoms. The van der Waals surface area contributed by atoms with E-state index in [0.717, 1.165) is 56.9 Å². The first-order valence-corrected chi connectivity index (χ1v) is 12.5. The van der Waals surface area contributed by atoms with E-state index in [1.165, 1.54) is 18.4 Å². The van der Waals surface area contributed by atoms with Gasteiger partial charge in [-0.2, -0.15) is 0 Å². The fourth-order valence-corrected chi connectivity index (χ4v) is 7.46. The molecule has 0 radical (unpaired) electrons. The van der Waals surface area contributed by atoms with E-state index in [0.29, 0.717) is 31.8 Å². The highest BCUT2D eigenvalue weighted by Crippen LogP contribution is 2.63. The number of aliphatic hydroxyl groups is 1. The Bertz CT molecular complexity index is 976. The lowest BCUT2D eigenvalue weighted by molar-refractivity contribution is -0.162. The Kier molecular flexibility index (Phi) is 4.05. The Labute approximate surface area is 188 Å². The second-order valence-electron chi connectivity index (χ2n) is 11.1. The van der Waals surface area contributed by atoms with Gasteiger partial charge in [-0.1, -0.05) is 6.07 Å². The minimum Gasteiger partial charge on any atom is -0.504 e. The maximum Gasteiger partial charge on any atom is 0.236 e. The van der Waals surface area contributed by atoms with E-state index < -0.39 is 11.0 Å². The normalized spacial score (nSPS) is 38.0. The molecule has 6 aliphatic rings. The summed E-state index contributed by atoms with van der Waals surface area (Å²) in [5.41, 5.74) is 0.730. The van der Waals surface area contributed by atoms with E-state index in [1.54, 1.807) is 6.07 Å². The fourth-order valence-electron chi connectivity index (χ4n) is 7.46. The molecule has 1 spiro atoms. The third kappa shape index (κ3) is 2.50. The van der Waals surface area contributed by atoms with Crippen molar-refractivity contribution >= 4 is 5.91 Å². The summed E-state index contributed by atoms with van der Waals surface area (Å²) in [5.74, 6) is 1.61. The van der Waals surface area contributed by atoms with E-state index >= 15 is 0 Å². The van der Waals surface area contributed by atoms with Gasteiger partial charge in [-0.3, -0.25) is 14.6 Å². The first-order chi connectivity index (χ1) is 15.5. The van der Waals surface area contributed by atoms with Crippen LogP contribution >= 0.6 is 0 Å². The summed E-state index contributed by atoms with van der Waals surface area (Å²) in [6.45, 7) is 5.51. The minimum atomic E-state index is -0.956. The number of phenolic OH excluding ortho intramolecular Hbond substituents is 1. The lowest BCUT2D eigenvalue weighted by Crippen LogP contribution is -2.74. The first kappa shape index (κ1) is 19.6. The van der Waals surface area contributed by atoms with Gasteiger partial charge in [-0.25, -0.2) is 0 Å². The van der Waals surface area contributed by atoms with Gasteiger partial charge in [0, 0.05) is 24.7 Å².